The number of nitrogens with zero attached hydrogens (tertiary/aromatic N) is 1. The van der Waals surface area contributed by atoms with Crippen molar-refractivity contribution in [1.29, 1.82) is 0 Å². The summed E-state index contributed by atoms with van der Waals surface area (Å²) >= 11 is 0. The van der Waals surface area contributed by atoms with Crippen molar-refractivity contribution in [3.63, 3.8) is 0 Å². The Kier molecular flexibility index (Phi) is 5.90. The summed E-state index contributed by atoms with van der Waals surface area (Å²) in [5.74, 6) is -0.219. The van der Waals surface area contributed by atoms with E-state index < -0.39 is 16.1 Å². The Morgan fingerprint density at radius 1 is 1.16 bits per heavy atom. The van der Waals surface area contributed by atoms with Crippen LogP contribution in [-0.4, -0.2) is 42.7 Å². The van der Waals surface area contributed by atoms with E-state index >= 15 is 0 Å². The third kappa shape index (κ3) is 4.12. The standard InChI is InChI=1S/C24H29N3O3S/c1-16-13-17(2)23(18(3)14-16)31(29,30)27-12-6-9-22(27)24(28)25-11-10-19-15-26-21-8-5-4-7-20(19)21/h4-5,7-8,13-15,22,26H,6,9-12H2,1-3H3,(H,25,28). The summed E-state index contributed by atoms with van der Waals surface area (Å²) in [5.41, 5.74) is 4.69. The third-order valence-electron chi connectivity index (χ3n) is 6.05. The van der Waals surface area contributed by atoms with E-state index in [0.29, 0.717) is 37.2 Å². The number of nitrogens with one attached hydrogen (secondary N) is 2. The zero-order valence-corrected chi connectivity index (χ0v) is 19.1. The molecule has 2 aromatic carbocycles. The molecule has 0 radical (unpaired) electrons. The molecule has 0 bridgehead atoms. The lowest BCUT2D eigenvalue weighted by Gasteiger charge is -2.25. The topological polar surface area (TPSA) is 82.3 Å². The van der Waals surface area contributed by atoms with Crippen molar-refractivity contribution in [3.8, 4) is 0 Å². The third-order valence-corrected chi connectivity index (χ3v) is 8.26. The molecule has 1 unspecified atom stereocenters. The number of aromatic amines is 1. The molecular weight excluding hydrogens is 410 g/mol. The molecule has 0 aliphatic carbocycles. The van der Waals surface area contributed by atoms with Gasteiger partial charge in [-0.25, -0.2) is 8.42 Å². The van der Waals surface area contributed by atoms with Crippen LogP contribution in [0.3, 0.4) is 0 Å². The molecule has 6 nitrogen and oxygen atoms in total. The predicted molar refractivity (Wildman–Crippen MR) is 123 cm³/mol. The van der Waals surface area contributed by atoms with E-state index in [1.54, 1.807) is 0 Å². The number of rotatable bonds is 6. The first kappa shape index (κ1) is 21.6. The van der Waals surface area contributed by atoms with Gasteiger partial charge < -0.3 is 10.3 Å². The number of benzene rings is 2. The first-order valence-electron chi connectivity index (χ1n) is 10.7. The van der Waals surface area contributed by atoms with Crippen LogP contribution in [0.25, 0.3) is 10.9 Å². The van der Waals surface area contributed by atoms with Gasteiger partial charge in [0.15, 0.2) is 0 Å². The number of hydrogen-bond acceptors (Lipinski definition) is 3. The van der Waals surface area contributed by atoms with Crippen LogP contribution in [0.1, 0.15) is 35.1 Å². The van der Waals surface area contributed by atoms with Gasteiger partial charge in [0.05, 0.1) is 4.90 Å². The van der Waals surface area contributed by atoms with E-state index in [4.69, 9.17) is 0 Å². The summed E-state index contributed by atoms with van der Waals surface area (Å²) in [6, 6.07) is 11.2. The Labute approximate surface area is 183 Å². The van der Waals surface area contributed by atoms with Gasteiger partial charge in [0.25, 0.3) is 0 Å². The summed E-state index contributed by atoms with van der Waals surface area (Å²) in [6.45, 7) is 6.43. The minimum atomic E-state index is -3.74. The van der Waals surface area contributed by atoms with E-state index in [9.17, 15) is 13.2 Å². The lowest BCUT2D eigenvalue weighted by atomic mass is 10.1. The fourth-order valence-electron chi connectivity index (χ4n) is 4.76. The molecule has 31 heavy (non-hydrogen) atoms. The predicted octanol–water partition coefficient (Wildman–Crippen LogP) is 3.61. The second-order valence-corrected chi connectivity index (χ2v) is 10.2. The maximum atomic E-state index is 13.5. The van der Waals surface area contributed by atoms with Gasteiger partial charge in [0.2, 0.25) is 15.9 Å². The Balaban J connectivity index is 1.47. The number of hydrogen-bond donors (Lipinski definition) is 2. The largest absolute Gasteiger partial charge is 0.361 e. The summed E-state index contributed by atoms with van der Waals surface area (Å²) in [6.07, 6.45) is 3.88. The molecule has 164 valence electrons. The Bertz CT molecular complexity index is 1210. The number of aryl methyl sites for hydroxylation is 3. The highest BCUT2D eigenvalue weighted by atomic mass is 32.2. The molecule has 1 aliphatic rings. The monoisotopic (exact) mass is 439 g/mol. The smallest absolute Gasteiger partial charge is 0.244 e. The normalized spacial score (nSPS) is 17.3. The van der Waals surface area contributed by atoms with Gasteiger partial charge in [-0.3, -0.25) is 4.79 Å². The highest BCUT2D eigenvalue weighted by Gasteiger charge is 2.40. The second-order valence-electron chi connectivity index (χ2n) is 8.40. The summed E-state index contributed by atoms with van der Waals surface area (Å²) in [7, 11) is -3.74. The van der Waals surface area contributed by atoms with Crippen LogP contribution in [0.5, 0.6) is 0 Å². The lowest BCUT2D eigenvalue weighted by Crippen LogP contribution is -2.46. The minimum absolute atomic E-state index is 0.219. The zero-order chi connectivity index (χ0) is 22.2. The molecule has 2 N–H and O–H groups in total. The maximum Gasteiger partial charge on any atom is 0.244 e. The van der Waals surface area contributed by atoms with E-state index in [1.807, 2.05) is 57.3 Å². The van der Waals surface area contributed by atoms with E-state index in [2.05, 4.69) is 16.4 Å². The first-order valence-corrected chi connectivity index (χ1v) is 12.2. The van der Waals surface area contributed by atoms with Gasteiger partial charge in [0, 0.05) is 30.2 Å². The number of carbonyl (C=O) groups is 1. The number of amides is 1. The Hall–Kier alpha value is -2.64. The van der Waals surface area contributed by atoms with Crippen molar-refractivity contribution in [2.45, 2.75) is 51.0 Å². The molecule has 1 aromatic heterocycles. The van der Waals surface area contributed by atoms with Gasteiger partial charge in [-0.15, -0.1) is 0 Å². The van der Waals surface area contributed by atoms with Crippen molar-refractivity contribution in [3.05, 3.63) is 64.8 Å². The molecule has 7 heteroatoms. The number of aromatic nitrogens is 1. The van der Waals surface area contributed by atoms with Crippen LogP contribution in [0, 0.1) is 20.8 Å². The van der Waals surface area contributed by atoms with Crippen molar-refractivity contribution >= 4 is 26.8 Å². The van der Waals surface area contributed by atoms with Gasteiger partial charge in [-0.2, -0.15) is 4.31 Å². The molecule has 0 saturated carbocycles. The van der Waals surface area contributed by atoms with Gasteiger partial charge in [0.1, 0.15) is 6.04 Å². The van der Waals surface area contributed by atoms with Gasteiger partial charge in [-0.1, -0.05) is 35.9 Å². The summed E-state index contributed by atoms with van der Waals surface area (Å²) in [5, 5.41) is 4.11. The Morgan fingerprint density at radius 3 is 2.61 bits per heavy atom. The molecule has 4 rings (SSSR count). The zero-order valence-electron chi connectivity index (χ0n) is 18.2. The van der Waals surface area contributed by atoms with Crippen LogP contribution < -0.4 is 5.32 Å². The fraction of sp³-hybridized carbons (Fsp3) is 0.375. The second kappa shape index (κ2) is 8.48. The Morgan fingerprint density at radius 2 is 1.87 bits per heavy atom. The van der Waals surface area contributed by atoms with Gasteiger partial charge in [-0.05, 0) is 62.8 Å². The average Bonchev–Trinajstić information content (AvgIpc) is 3.35. The highest BCUT2D eigenvalue weighted by Crippen LogP contribution is 2.30. The minimum Gasteiger partial charge on any atom is -0.361 e. The van der Waals surface area contributed by atoms with Crippen molar-refractivity contribution in [2.24, 2.45) is 0 Å². The van der Waals surface area contributed by atoms with Crippen molar-refractivity contribution in [2.75, 3.05) is 13.1 Å². The molecular formula is C24H29N3O3S. The average molecular weight is 440 g/mol. The van der Waals surface area contributed by atoms with Crippen molar-refractivity contribution < 1.29 is 13.2 Å². The summed E-state index contributed by atoms with van der Waals surface area (Å²) < 4.78 is 28.3. The number of sulfonamides is 1. The molecule has 1 aliphatic heterocycles. The van der Waals surface area contributed by atoms with Crippen LogP contribution in [-0.2, 0) is 21.2 Å². The SMILES string of the molecule is Cc1cc(C)c(S(=O)(=O)N2CCCC2C(=O)NCCc2c[nH]c3ccccc23)c(C)c1. The van der Waals surface area contributed by atoms with Crippen LogP contribution >= 0.6 is 0 Å². The van der Waals surface area contributed by atoms with E-state index in [-0.39, 0.29) is 5.91 Å². The number of carbonyl (C=O) groups excluding carboxylic acids is 1. The number of H-pyrrole nitrogens is 1. The van der Waals surface area contributed by atoms with Crippen molar-refractivity contribution in [1.82, 2.24) is 14.6 Å². The van der Waals surface area contributed by atoms with Crippen LogP contribution in [0.4, 0.5) is 0 Å². The van der Waals surface area contributed by atoms with Crippen LogP contribution in [0.2, 0.25) is 0 Å². The first-order chi connectivity index (χ1) is 14.8. The summed E-state index contributed by atoms with van der Waals surface area (Å²) in [4.78, 5) is 16.5. The number of fused-ring (bicyclic) bond motifs is 1. The molecule has 3 aromatic rings. The van der Waals surface area contributed by atoms with E-state index in [0.717, 1.165) is 33.2 Å². The fourth-order valence-corrected chi connectivity index (χ4v) is 6.83. The molecule has 1 fully saturated rings. The molecule has 1 saturated heterocycles. The number of para-hydroxylation sites is 1. The highest BCUT2D eigenvalue weighted by molar-refractivity contribution is 7.89. The quantitative estimate of drug-likeness (QED) is 0.616. The van der Waals surface area contributed by atoms with E-state index in [1.165, 1.54) is 4.31 Å². The van der Waals surface area contributed by atoms with Gasteiger partial charge >= 0.3 is 0 Å². The molecule has 1 atom stereocenters. The maximum absolute atomic E-state index is 13.5. The molecule has 0 spiro atoms. The lowest BCUT2D eigenvalue weighted by molar-refractivity contribution is -0.124. The molecule has 1 amide bonds. The van der Waals surface area contributed by atoms with Crippen LogP contribution in [0.15, 0.2) is 47.5 Å². The molecule has 2 heterocycles.